The van der Waals surface area contributed by atoms with E-state index in [1.165, 1.54) is 7.11 Å². The van der Waals surface area contributed by atoms with Crippen molar-refractivity contribution in [1.82, 2.24) is 9.97 Å². The summed E-state index contributed by atoms with van der Waals surface area (Å²) >= 11 is 0. The highest BCUT2D eigenvalue weighted by Crippen LogP contribution is 2.28. The number of esters is 1. The van der Waals surface area contributed by atoms with Crippen molar-refractivity contribution in [3.63, 3.8) is 0 Å². The molecule has 2 heterocycles. The van der Waals surface area contributed by atoms with E-state index in [-0.39, 0.29) is 5.97 Å². The van der Waals surface area contributed by atoms with Gasteiger partial charge in [-0.25, -0.2) is 9.78 Å². The summed E-state index contributed by atoms with van der Waals surface area (Å²) in [5, 5.41) is 0. The number of rotatable bonds is 3. The molecule has 5 heteroatoms. The van der Waals surface area contributed by atoms with Crippen molar-refractivity contribution < 1.29 is 13.9 Å². The van der Waals surface area contributed by atoms with Crippen molar-refractivity contribution in [3.8, 4) is 22.9 Å². The first-order valence-corrected chi connectivity index (χ1v) is 7.48. The Labute approximate surface area is 137 Å². The minimum absolute atomic E-state index is 0.357. The van der Waals surface area contributed by atoms with Crippen LogP contribution in [0, 0.1) is 0 Å². The highest BCUT2D eigenvalue weighted by atomic mass is 16.5. The number of methoxy groups -OCH3 is 1. The summed E-state index contributed by atoms with van der Waals surface area (Å²) in [6.45, 7) is 0. The van der Waals surface area contributed by atoms with Gasteiger partial charge in [0.25, 0.3) is 0 Å². The number of carbonyl (C=O) groups is 1. The average molecular weight is 318 g/mol. The normalized spacial score (nSPS) is 10.9. The van der Waals surface area contributed by atoms with Gasteiger partial charge in [0.05, 0.1) is 23.7 Å². The molecule has 0 aliphatic rings. The van der Waals surface area contributed by atoms with E-state index < -0.39 is 0 Å². The van der Waals surface area contributed by atoms with Gasteiger partial charge >= 0.3 is 5.97 Å². The predicted molar refractivity (Wildman–Crippen MR) is 90.6 cm³/mol. The topological polar surface area (TPSA) is 68.1 Å². The SMILES string of the molecule is COC(=O)c1ccc(-c2ccc(-c3nc4ccccc4[nH]3)o2)cc1. The number of aromatic nitrogens is 2. The van der Waals surface area contributed by atoms with Crippen LogP contribution in [0.3, 0.4) is 0 Å². The van der Waals surface area contributed by atoms with Gasteiger partial charge in [0.15, 0.2) is 11.6 Å². The molecule has 0 amide bonds. The second-order valence-corrected chi connectivity index (χ2v) is 5.34. The lowest BCUT2D eigenvalue weighted by atomic mass is 10.1. The molecule has 0 radical (unpaired) electrons. The van der Waals surface area contributed by atoms with Crippen molar-refractivity contribution in [3.05, 3.63) is 66.2 Å². The zero-order valence-corrected chi connectivity index (χ0v) is 12.9. The Morgan fingerprint density at radius 3 is 2.50 bits per heavy atom. The maximum absolute atomic E-state index is 11.5. The number of para-hydroxylation sites is 2. The third-order valence-corrected chi connectivity index (χ3v) is 3.82. The third-order valence-electron chi connectivity index (χ3n) is 3.82. The molecule has 2 aromatic heterocycles. The molecule has 0 unspecified atom stereocenters. The van der Waals surface area contributed by atoms with Gasteiger partial charge in [-0.15, -0.1) is 0 Å². The molecule has 0 spiro atoms. The first-order valence-electron chi connectivity index (χ1n) is 7.48. The Morgan fingerprint density at radius 1 is 1.00 bits per heavy atom. The Hall–Kier alpha value is -3.34. The van der Waals surface area contributed by atoms with Crippen LogP contribution in [0.5, 0.6) is 0 Å². The molecule has 0 saturated heterocycles. The number of aromatic amines is 1. The second-order valence-electron chi connectivity index (χ2n) is 5.34. The van der Waals surface area contributed by atoms with E-state index in [9.17, 15) is 4.79 Å². The minimum Gasteiger partial charge on any atom is -0.465 e. The number of furan rings is 1. The number of imidazole rings is 1. The fourth-order valence-corrected chi connectivity index (χ4v) is 2.58. The lowest BCUT2D eigenvalue weighted by Gasteiger charge is -2.00. The molecule has 1 N–H and O–H groups in total. The maximum atomic E-state index is 11.5. The van der Waals surface area contributed by atoms with Gasteiger partial charge in [-0.3, -0.25) is 0 Å². The summed E-state index contributed by atoms with van der Waals surface area (Å²) in [6, 6.07) is 18.7. The molecular formula is C19H14N2O3. The van der Waals surface area contributed by atoms with Gasteiger partial charge in [-0.05, 0) is 36.4 Å². The molecule has 24 heavy (non-hydrogen) atoms. The molecule has 2 aromatic carbocycles. The summed E-state index contributed by atoms with van der Waals surface area (Å²) in [4.78, 5) is 19.2. The highest BCUT2D eigenvalue weighted by molar-refractivity contribution is 5.89. The summed E-state index contributed by atoms with van der Waals surface area (Å²) in [7, 11) is 1.36. The number of hydrogen-bond donors (Lipinski definition) is 1. The number of nitrogens with zero attached hydrogens (tertiary/aromatic N) is 1. The number of fused-ring (bicyclic) bond motifs is 1. The maximum Gasteiger partial charge on any atom is 0.337 e. The van der Waals surface area contributed by atoms with Gasteiger partial charge in [-0.1, -0.05) is 24.3 Å². The smallest absolute Gasteiger partial charge is 0.337 e. The molecule has 0 atom stereocenters. The largest absolute Gasteiger partial charge is 0.465 e. The number of benzene rings is 2. The van der Waals surface area contributed by atoms with E-state index in [1.807, 2.05) is 48.5 Å². The van der Waals surface area contributed by atoms with E-state index in [0.29, 0.717) is 22.9 Å². The van der Waals surface area contributed by atoms with Gasteiger partial charge in [-0.2, -0.15) is 0 Å². The zero-order valence-electron chi connectivity index (χ0n) is 12.9. The van der Waals surface area contributed by atoms with Crippen LogP contribution in [0.2, 0.25) is 0 Å². The monoisotopic (exact) mass is 318 g/mol. The molecule has 4 rings (SSSR count). The molecule has 0 bridgehead atoms. The van der Waals surface area contributed by atoms with Crippen LogP contribution in [-0.4, -0.2) is 23.0 Å². The number of carbonyl (C=O) groups excluding carboxylic acids is 1. The molecule has 0 aliphatic carbocycles. The van der Waals surface area contributed by atoms with Crippen molar-refractivity contribution in [2.24, 2.45) is 0 Å². The van der Waals surface area contributed by atoms with E-state index in [0.717, 1.165) is 16.6 Å². The zero-order chi connectivity index (χ0) is 16.5. The Kier molecular flexibility index (Phi) is 3.39. The molecular weight excluding hydrogens is 304 g/mol. The fraction of sp³-hybridized carbons (Fsp3) is 0.0526. The fourth-order valence-electron chi connectivity index (χ4n) is 2.58. The van der Waals surface area contributed by atoms with Gasteiger partial charge in [0.2, 0.25) is 0 Å². The first kappa shape index (κ1) is 14.3. The van der Waals surface area contributed by atoms with E-state index in [2.05, 4.69) is 9.97 Å². The number of H-pyrrole nitrogens is 1. The first-order chi connectivity index (χ1) is 11.7. The molecule has 4 aromatic rings. The van der Waals surface area contributed by atoms with Gasteiger partial charge in [0.1, 0.15) is 5.76 Å². The third kappa shape index (κ3) is 2.46. The lowest BCUT2D eigenvalue weighted by molar-refractivity contribution is 0.0601. The Balaban J connectivity index is 1.65. The highest BCUT2D eigenvalue weighted by Gasteiger charge is 2.11. The molecule has 0 fully saturated rings. The summed E-state index contributed by atoms with van der Waals surface area (Å²) in [5.41, 5.74) is 3.25. The molecule has 0 saturated carbocycles. The molecule has 118 valence electrons. The van der Waals surface area contributed by atoms with Gasteiger partial charge < -0.3 is 14.1 Å². The quantitative estimate of drug-likeness (QED) is 0.573. The molecule has 5 nitrogen and oxygen atoms in total. The standard InChI is InChI=1S/C19H14N2O3/c1-23-19(22)13-8-6-12(7-9-13)16-10-11-17(24-16)18-20-14-4-2-3-5-15(14)21-18/h2-11H,1H3,(H,20,21). The predicted octanol–water partition coefficient (Wildman–Crippen LogP) is 4.28. The van der Waals surface area contributed by atoms with Crippen LogP contribution in [0.4, 0.5) is 0 Å². The minimum atomic E-state index is -0.357. The van der Waals surface area contributed by atoms with Crippen LogP contribution in [-0.2, 0) is 4.74 Å². The number of ether oxygens (including phenoxy) is 1. The Bertz CT molecular complexity index is 979. The Morgan fingerprint density at radius 2 is 1.75 bits per heavy atom. The van der Waals surface area contributed by atoms with E-state index in [1.54, 1.807) is 12.1 Å². The van der Waals surface area contributed by atoms with Crippen LogP contribution in [0.15, 0.2) is 65.1 Å². The summed E-state index contributed by atoms with van der Waals surface area (Å²) in [5.74, 6) is 1.71. The van der Waals surface area contributed by atoms with Gasteiger partial charge in [0, 0.05) is 5.56 Å². The summed E-state index contributed by atoms with van der Waals surface area (Å²) in [6.07, 6.45) is 0. The average Bonchev–Trinajstić information content (AvgIpc) is 3.27. The van der Waals surface area contributed by atoms with E-state index in [4.69, 9.17) is 9.15 Å². The number of hydrogen-bond acceptors (Lipinski definition) is 4. The van der Waals surface area contributed by atoms with Crippen LogP contribution in [0.25, 0.3) is 33.9 Å². The van der Waals surface area contributed by atoms with Crippen molar-refractivity contribution >= 4 is 17.0 Å². The van der Waals surface area contributed by atoms with Crippen molar-refractivity contribution in [1.29, 1.82) is 0 Å². The van der Waals surface area contributed by atoms with Crippen LogP contribution >= 0.6 is 0 Å². The van der Waals surface area contributed by atoms with Crippen LogP contribution < -0.4 is 0 Å². The summed E-state index contributed by atoms with van der Waals surface area (Å²) < 4.78 is 10.6. The molecule has 0 aliphatic heterocycles. The van der Waals surface area contributed by atoms with Crippen molar-refractivity contribution in [2.45, 2.75) is 0 Å². The lowest BCUT2D eigenvalue weighted by Crippen LogP contribution is -2.00. The van der Waals surface area contributed by atoms with Crippen LogP contribution in [0.1, 0.15) is 10.4 Å². The van der Waals surface area contributed by atoms with E-state index >= 15 is 0 Å². The number of nitrogens with one attached hydrogen (secondary N) is 1. The second kappa shape index (κ2) is 5.70. The van der Waals surface area contributed by atoms with Crippen molar-refractivity contribution in [2.75, 3.05) is 7.11 Å².